The predicted octanol–water partition coefficient (Wildman–Crippen LogP) is 3.21. The zero-order valence-electron chi connectivity index (χ0n) is 17.3. The molecule has 0 atom stereocenters. The lowest BCUT2D eigenvalue weighted by Gasteiger charge is -2.27. The van der Waals surface area contributed by atoms with Gasteiger partial charge in [0.25, 0.3) is 17.7 Å². The van der Waals surface area contributed by atoms with Gasteiger partial charge in [-0.05, 0) is 43.7 Å². The molecule has 0 aliphatic carbocycles. The number of rotatable bonds is 4. The van der Waals surface area contributed by atoms with Crippen LogP contribution in [0.4, 0.5) is 11.4 Å². The summed E-state index contributed by atoms with van der Waals surface area (Å²) in [5.74, 6) is -1.24. The highest BCUT2D eigenvalue weighted by atomic mass is 35.5. The highest BCUT2D eigenvalue weighted by Gasteiger charge is 2.39. The van der Waals surface area contributed by atoms with Gasteiger partial charge in [0.15, 0.2) is 0 Å². The van der Waals surface area contributed by atoms with Crippen molar-refractivity contribution >= 4 is 40.7 Å². The van der Waals surface area contributed by atoms with Gasteiger partial charge in [0.05, 0.1) is 18.9 Å². The number of morpholine rings is 1. The molecule has 0 spiro atoms. The molecule has 0 saturated carbocycles. The topological polar surface area (TPSA) is 79.0 Å². The first-order valence-corrected chi connectivity index (χ1v) is 10.3. The van der Waals surface area contributed by atoms with E-state index in [0.717, 1.165) is 16.0 Å². The van der Waals surface area contributed by atoms with E-state index in [1.807, 2.05) is 26.0 Å². The summed E-state index contributed by atoms with van der Waals surface area (Å²) in [5.41, 5.74) is 3.29. The fourth-order valence-electron chi connectivity index (χ4n) is 3.51. The van der Waals surface area contributed by atoms with Crippen molar-refractivity contribution in [3.05, 3.63) is 69.9 Å². The molecular weight excluding hydrogens is 418 g/mol. The molecule has 160 valence electrons. The molecule has 31 heavy (non-hydrogen) atoms. The van der Waals surface area contributed by atoms with Crippen LogP contribution >= 0.6 is 11.6 Å². The number of hydrogen-bond donors (Lipinski definition) is 1. The standard InChI is InChI=1S/C23H22ClN3O4/c1-14-3-7-17(8-4-14)27-22(29)19(24)20(23(27)30)25-18-13-16(6-5-15(18)2)21(28)26-9-11-31-12-10-26/h3-8,13,25H,9-12H2,1-2H3. The normalized spacial score (nSPS) is 16.9. The van der Waals surface area contributed by atoms with Gasteiger partial charge in [0.1, 0.15) is 10.7 Å². The van der Waals surface area contributed by atoms with E-state index in [4.69, 9.17) is 16.3 Å². The van der Waals surface area contributed by atoms with Crippen LogP contribution in [0, 0.1) is 13.8 Å². The summed E-state index contributed by atoms with van der Waals surface area (Å²) in [6, 6.07) is 12.3. The average Bonchev–Trinajstić information content (AvgIpc) is 2.99. The van der Waals surface area contributed by atoms with E-state index in [-0.39, 0.29) is 16.6 Å². The lowest BCUT2D eigenvalue weighted by molar-refractivity contribution is -0.120. The van der Waals surface area contributed by atoms with Crippen molar-refractivity contribution in [1.29, 1.82) is 0 Å². The van der Waals surface area contributed by atoms with Gasteiger partial charge in [-0.2, -0.15) is 0 Å². The Morgan fingerprint density at radius 1 is 1.00 bits per heavy atom. The van der Waals surface area contributed by atoms with E-state index in [9.17, 15) is 14.4 Å². The molecule has 8 heteroatoms. The highest BCUT2D eigenvalue weighted by Crippen LogP contribution is 2.31. The van der Waals surface area contributed by atoms with E-state index in [0.29, 0.717) is 43.2 Å². The molecule has 2 aromatic rings. The molecule has 1 fully saturated rings. The van der Waals surface area contributed by atoms with Gasteiger partial charge < -0.3 is 15.0 Å². The number of benzene rings is 2. The van der Waals surface area contributed by atoms with Crippen LogP contribution in [0.25, 0.3) is 0 Å². The molecule has 2 heterocycles. The second-order valence-electron chi connectivity index (χ2n) is 7.53. The minimum atomic E-state index is -0.587. The molecule has 2 aliphatic heterocycles. The molecule has 1 saturated heterocycles. The first-order chi connectivity index (χ1) is 14.9. The SMILES string of the molecule is Cc1ccc(N2C(=O)C(Cl)=C(Nc3cc(C(=O)N4CCOCC4)ccc3C)C2=O)cc1. The van der Waals surface area contributed by atoms with Crippen LogP contribution in [0.15, 0.2) is 53.2 Å². The van der Waals surface area contributed by atoms with Gasteiger partial charge in [0.2, 0.25) is 0 Å². The van der Waals surface area contributed by atoms with Crippen molar-refractivity contribution in [2.75, 3.05) is 36.5 Å². The zero-order valence-corrected chi connectivity index (χ0v) is 18.0. The quantitative estimate of drug-likeness (QED) is 0.740. The Labute approximate surface area is 185 Å². The number of amides is 3. The summed E-state index contributed by atoms with van der Waals surface area (Å²) < 4.78 is 5.30. The van der Waals surface area contributed by atoms with Gasteiger partial charge >= 0.3 is 0 Å². The molecule has 0 radical (unpaired) electrons. The number of halogens is 1. The van der Waals surface area contributed by atoms with E-state index in [1.165, 1.54) is 0 Å². The van der Waals surface area contributed by atoms with Crippen LogP contribution in [-0.4, -0.2) is 48.9 Å². The third-order valence-electron chi connectivity index (χ3n) is 5.36. The molecule has 0 unspecified atom stereocenters. The minimum absolute atomic E-state index is 0.00804. The van der Waals surface area contributed by atoms with Crippen LogP contribution in [0.3, 0.4) is 0 Å². The minimum Gasteiger partial charge on any atom is -0.378 e. The van der Waals surface area contributed by atoms with Crippen LogP contribution in [0.2, 0.25) is 0 Å². The molecule has 4 rings (SSSR count). The Balaban J connectivity index is 1.59. The molecule has 7 nitrogen and oxygen atoms in total. The Morgan fingerprint density at radius 3 is 2.35 bits per heavy atom. The fraction of sp³-hybridized carbons (Fsp3) is 0.261. The van der Waals surface area contributed by atoms with Crippen LogP contribution in [0.1, 0.15) is 21.5 Å². The second kappa shape index (κ2) is 8.53. The first-order valence-electron chi connectivity index (χ1n) is 9.96. The van der Waals surface area contributed by atoms with Gasteiger partial charge in [-0.15, -0.1) is 0 Å². The summed E-state index contributed by atoms with van der Waals surface area (Å²) in [5, 5.41) is 2.80. The van der Waals surface area contributed by atoms with Crippen LogP contribution in [0.5, 0.6) is 0 Å². The van der Waals surface area contributed by atoms with E-state index < -0.39 is 11.8 Å². The molecule has 2 aromatic carbocycles. The molecule has 0 bridgehead atoms. The van der Waals surface area contributed by atoms with Crippen LogP contribution < -0.4 is 10.2 Å². The van der Waals surface area contributed by atoms with Gasteiger partial charge in [0, 0.05) is 24.3 Å². The van der Waals surface area contributed by atoms with Crippen molar-refractivity contribution in [3.8, 4) is 0 Å². The Bertz CT molecular complexity index is 1090. The number of ether oxygens (including phenoxy) is 1. The monoisotopic (exact) mass is 439 g/mol. The molecule has 2 aliphatic rings. The van der Waals surface area contributed by atoms with Crippen molar-refractivity contribution < 1.29 is 19.1 Å². The first kappa shape index (κ1) is 21.1. The summed E-state index contributed by atoms with van der Waals surface area (Å²) in [6.45, 7) is 5.85. The molecular formula is C23H22ClN3O4. The number of nitrogens with one attached hydrogen (secondary N) is 1. The summed E-state index contributed by atoms with van der Waals surface area (Å²) in [4.78, 5) is 41.3. The maximum Gasteiger partial charge on any atom is 0.283 e. The number of nitrogens with zero attached hydrogens (tertiary/aromatic N) is 2. The number of carbonyl (C=O) groups is 3. The van der Waals surface area contributed by atoms with Gasteiger partial charge in [-0.25, -0.2) is 4.90 Å². The smallest absolute Gasteiger partial charge is 0.283 e. The van der Waals surface area contributed by atoms with Gasteiger partial charge in [-0.3, -0.25) is 14.4 Å². The maximum atomic E-state index is 13.0. The van der Waals surface area contributed by atoms with E-state index in [1.54, 1.807) is 35.2 Å². The number of aryl methyl sites for hydroxylation is 2. The number of carbonyl (C=O) groups excluding carboxylic acids is 3. The lowest BCUT2D eigenvalue weighted by atomic mass is 10.1. The Morgan fingerprint density at radius 2 is 1.68 bits per heavy atom. The Kier molecular flexibility index (Phi) is 5.80. The number of hydrogen-bond acceptors (Lipinski definition) is 5. The maximum absolute atomic E-state index is 13.0. The largest absolute Gasteiger partial charge is 0.378 e. The molecule has 1 N–H and O–H groups in total. The van der Waals surface area contributed by atoms with Crippen molar-refractivity contribution in [1.82, 2.24) is 4.90 Å². The van der Waals surface area contributed by atoms with Gasteiger partial charge in [-0.1, -0.05) is 35.4 Å². The summed E-state index contributed by atoms with van der Waals surface area (Å²) in [7, 11) is 0. The Hall–Kier alpha value is -3.16. The van der Waals surface area contributed by atoms with Crippen molar-refractivity contribution in [2.45, 2.75) is 13.8 Å². The van der Waals surface area contributed by atoms with E-state index >= 15 is 0 Å². The number of imide groups is 1. The fourth-order valence-corrected chi connectivity index (χ4v) is 3.73. The zero-order chi connectivity index (χ0) is 22.1. The number of anilines is 2. The molecule has 3 amide bonds. The van der Waals surface area contributed by atoms with Crippen LogP contribution in [-0.2, 0) is 14.3 Å². The summed E-state index contributed by atoms with van der Waals surface area (Å²) in [6.07, 6.45) is 0. The predicted molar refractivity (Wildman–Crippen MR) is 118 cm³/mol. The second-order valence-corrected chi connectivity index (χ2v) is 7.91. The average molecular weight is 440 g/mol. The third kappa shape index (κ3) is 4.06. The summed E-state index contributed by atoms with van der Waals surface area (Å²) >= 11 is 6.24. The molecule has 0 aromatic heterocycles. The van der Waals surface area contributed by atoms with Crippen molar-refractivity contribution in [3.63, 3.8) is 0 Å². The lowest BCUT2D eigenvalue weighted by Crippen LogP contribution is -2.40. The van der Waals surface area contributed by atoms with E-state index in [2.05, 4.69) is 5.32 Å². The van der Waals surface area contributed by atoms with Crippen molar-refractivity contribution in [2.24, 2.45) is 0 Å². The highest BCUT2D eigenvalue weighted by molar-refractivity contribution is 6.53. The third-order valence-corrected chi connectivity index (χ3v) is 5.71.